The summed E-state index contributed by atoms with van der Waals surface area (Å²) in [4.78, 5) is 12.1. The second kappa shape index (κ2) is 4.02. The van der Waals surface area contributed by atoms with E-state index in [4.69, 9.17) is 5.73 Å². The van der Waals surface area contributed by atoms with Crippen molar-refractivity contribution in [3.63, 3.8) is 0 Å². The maximum atomic E-state index is 12.1. The van der Waals surface area contributed by atoms with E-state index in [2.05, 4.69) is 39.9 Å². The van der Waals surface area contributed by atoms with Crippen molar-refractivity contribution in [2.45, 2.75) is 47.6 Å². The fourth-order valence-corrected chi connectivity index (χ4v) is 2.51. The van der Waals surface area contributed by atoms with Gasteiger partial charge in [-0.2, -0.15) is 0 Å². The Morgan fingerprint density at radius 3 is 2.00 bits per heavy atom. The van der Waals surface area contributed by atoms with Crippen molar-refractivity contribution in [2.24, 2.45) is 28.4 Å². The molecule has 3 N–H and O–H groups in total. The molecule has 1 aliphatic rings. The first-order valence-corrected chi connectivity index (χ1v) is 6.16. The molecule has 0 aromatic rings. The van der Waals surface area contributed by atoms with E-state index in [1.54, 1.807) is 0 Å². The molecule has 0 bridgehead atoms. The summed E-state index contributed by atoms with van der Waals surface area (Å²) >= 11 is 0. The normalized spacial score (nSPS) is 25.9. The van der Waals surface area contributed by atoms with Crippen LogP contribution in [0, 0.1) is 22.7 Å². The van der Waals surface area contributed by atoms with E-state index in [0.717, 1.165) is 0 Å². The van der Waals surface area contributed by atoms with Crippen molar-refractivity contribution in [3.05, 3.63) is 0 Å². The van der Waals surface area contributed by atoms with Crippen LogP contribution in [-0.4, -0.2) is 18.5 Å². The molecule has 94 valence electrons. The summed E-state index contributed by atoms with van der Waals surface area (Å²) in [5, 5.41) is 3.08. The van der Waals surface area contributed by atoms with Crippen LogP contribution in [0.2, 0.25) is 0 Å². The van der Waals surface area contributed by atoms with Crippen LogP contribution in [0.5, 0.6) is 0 Å². The summed E-state index contributed by atoms with van der Waals surface area (Å²) in [5.74, 6) is 0.643. The van der Waals surface area contributed by atoms with Crippen LogP contribution in [0.4, 0.5) is 0 Å². The van der Waals surface area contributed by atoms with E-state index >= 15 is 0 Å². The minimum atomic E-state index is 0.114. The van der Waals surface area contributed by atoms with Crippen molar-refractivity contribution in [2.75, 3.05) is 6.54 Å². The van der Waals surface area contributed by atoms with Gasteiger partial charge < -0.3 is 11.1 Å². The highest BCUT2D eigenvalue weighted by atomic mass is 16.2. The molecule has 0 spiro atoms. The highest BCUT2D eigenvalue weighted by molar-refractivity contribution is 5.84. The van der Waals surface area contributed by atoms with Crippen molar-refractivity contribution in [3.8, 4) is 0 Å². The van der Waals surface area contributed by atoms with Crippen LogP contribution in [0.3, 0.4) is 0 Å². The molecule has 0 aliphatic heterocycles. The molecule has 1 fully saturated rings. The molecule has 0 radical (unpaired) electrons. The molecule has 0 aromatic carbocycles. The van der Waals surface area contributed by atoms with Gasteiger partial charge in [-0.05, 0) is 30.2 Å². The average Bonchev–Trinajstić information content (AvgIpc) is 2.55. The first kappa shape index (κ1) is 13.5. The topological polar surface area (TPSA) is 55.1 Å². The second-order valence-corrected chi connectivity index (χ2v) is 6.39. The average molecular weight is 226 g/mol. The third kappa shape index (κ3) is 1.97. The Morgan fingerprint density at radius 2 is 1.69 bits per heavy atom. The number of hydrogen-bond acceptors (Lipinski definition) is 2. The second-order valence-electron chi connectivity index (χ2n) is 6.39. The quantitative estimate of drug-likeness (QED) is 0.767. The van der Waals surface area contributed by atoms with Crippen LogP contribution < -0.4 is 11.1 Å². The Balaban J connectivity index is 2.56. The third-order valence-electron chi connectivity index (χ3n) is 4.88. The molecule has 2 atom stereocenters. The first-order valence-electron chi connectivity index (χ1n) is 6.16. The summed E-state index contributed by atoms with van der Waals surface area (Å²) in [6.45, 7) is 13.3. The molecule has 0 heterocycles. The molecule has 3 nitrogen and oxygen atoms in total. The van der Waals surface area contributed by atoms with Crippen LogP contribution in [0.15, 0.2) is 0 Å². The van der Waals surface area contributed by atoms with Crippen LogP contribution in [0.25, 0.3) is 0 Å². The first-order chi connectivity index (χ1) is 7.16. The van der Waals surface area contributed by atoms with E-state index in [1.165, 1.54) is 0 Å². The van der Waals surface area contributed by atoms with Crippen LogP contribution in [-0.2, 0) is 4.79 Å². The van der Waals surface area contributed by atoms with Gasteiger partial charge in [-0.15, -0.1) is 0 Å². The number of carbonyl (C=O) groups excluding carboxylic acids is 1. The summed E-state index contributed by atoms with van der Waals surface area (Å²) in [6.07, 6.45) is 0. The maximum Gasteiger partial charge on any atom is 0.224 e. The minimum absolute atomic E-state index is 0.114. The summed E-state index contributed by atoms with van der Waals surface area (Å²) in [6, 6.07) is 0.157. The van der Waals surface area contributed by atoms with Gasteiger partial charge in [0.05, 0.1) is 0 Å². The van der Waals surface area contributed by atoms with Gasteiger partial charge in [-0.25, -0.2) is 0 Å². The largest absolute Gasteiger partial charge is 0.353 e. The monoisotopic (exact) mass is 226 g/mol. The van der Waals surface area contributed by atoms with Gasteiger partial charge >= 0.3 is 0 Å². The zero-order chi connectivity index (χ0) is 12.7. The molecule has 1 rings (SSSR count). The summed E-state index contributed by atoms with van der Waals surface area (Å²) in [5.41, 5.74) is 5.82. The lowest BCUT2D eigenvalue weighted by atomic mass is 10.0. The van der Waals surface area contributed by atoms with E-state index in [-0.39, 0.29) is 28.7 Å². The summed E-state index contributed by atoms with van der Waals surface area (Å²) in [7, 11) is 0. The van der Waals surface area contributed by atoms with Crippen molar-refractivity contribution < 1.29 is 4.79 Å². The van der Waals surface area contributed by atoms with Gasteiger partial charge in [-0.1, -0.05) is 34.6 Å². The fourth-order valence-electron chi connectivity index (χ4n) is 2.51. The van der Waals surface area contributed by atoms with E-state index in [1.807, 2.05) is 6.92 Å². The SMILES string of the molecule is CC(CN)C(C)NC(=O)C1C(C)(C)C1(C)C. The van der Waals surface area contributed by atoms with Gasteiger partial charge in [0.1, 0.15) is 0 Å². The van der Waals surface area contributed by atoms with Gasteiger partial charge in [-0.3, -0.25) is 4.79 Å². The molecule has 0 saturated heterocycles. The molecule has 1 saturated carbocycles. The Labute approximate surface area is 99.2 Å². The predicted molar refractivity (Wildman–Crippen MR) is 66.9 cm³/mol. The van der Waals surface area contributed by atoms with Crippen molar-refractivity contribution >= 4 is 5.91 Å². The van der Waals surface area contributed by atoms with Crippen molar-refractivity contribution in [1.29, 1.82) is 0 Å². The zero-order valence-electron chi connectivity index (χ0n) is 11.4. The Bertz CT molecular complexity index is 270. The van der Waals surface area contributed by atoms with E-state index < -0.39 is 0 Å². The Hall–Kier alpha value is -0.570. The number of rotatable bonds is 4. The highest BCUT2D eigenvalue weighted by Gasteiger charge is 2.68. The van der Waals surface area contributed by atoms with Gasteiger partial charge in [0.2, 0.25) is 5.91 Å². The Morgan fingerprint density at radius 1 is 1.25 bits per heavy atom. The zero-order valence-corrected chi connectivity index (χ0v) is 11.4. The molecule has 2 unspecified atom stereocenters. The van der Waals surface area contributed by atoms with Crippen LogP contribution >= 0.6 is 0 Å². The number of nitrogens with one attached hydrogen (secondary N) is 1. The lowest BCUT2D eigenvalue weighted by Gasteiger charge is -2.20. The lowest BCUT2D eigenvalue weighted by Crippen LogP contribution is -2.41. The number of nitrogens with two attached hydrogens (primary N) is 1. The predicted octanol–water partition coefficient (Wildman–Crippen LogP) is 1.77. The standard InChI is InChI=1S/C13H26N2O/c1-8(7-14)9(2)15-11(16)10-12(3,4)13(10,5)6/h8-10H,7,14H2,1-6H3,(H,15,16). The van der Waals surface area contributed by atoms with Gasteiger partial charge in [0.15, 0.2) is 0 Å². The number of hydrogen-bond donors (Lipinski definition) is 2. The molecular weight excluding hydrogens is 200 g/mol. The van der Waals surface area contributed by atoms with Gasteiger partial charge in [0.25, 0.3) is 0 Å². The molecule has 1 aliphatic carbocycles. The number of amides is 1. The van der Waals surface area contributed by atoms with Crippen molar-refractivity contribution in [1.82, 2.24) is 5.32 Å². The molecule has 3 heteroatoms. The lowest BCUT2D eigenvalue weighted by molar-refractivity contribution is -0.124. The Kier molecular flexibility index (Phi) is 3.39. The van der Waals surface area contributed by atoms with E-state index in [9.17, 15) is 4.79 Å². The number of carbonyl (C=O) groups is 1. The van der Waals surface area contributed by atoms with Crippen LogP contribution in [0.1, 0.15) is 41.5 Å². The fraction of sp³-hybridized carbons (Fsp3) is 0.923. The molecule has 1 amide bonds. The maximum absolute atomic E-state index is 12.1. The van der Waals surface area contributed by atoms with Gasteiger partial charge in [0, 0.05) is 12.0 Å². The molecular formula is C13H26N2O. The summed E-state index contributed by atoms with van der Waals surface area (Å²) < 4.78 is 0. The smallest absolute Gasteiger partial charge is 0.224 e. The molecule has 0 aromatic heterocycles. The molecule has 16 heavy (non-hydrogen) atoms. The minimum Gasteiger partial charge on any atom is -0.353 e. The highest BCUT2D eigenvalue weighted by Crippen LogP contribution is 2.68. The third-order valence-corrected chi connectivity index (χ3v) is 4.88. The van der Waals surface area contributed by atoms with E-state index in [0.29, 0.717) is 12.5 Å².